The van der Waals surface area contributed by atoms with Gasteiger partial charge in [0.05, 0.1) is 7.11 Å². The minimum absolute atomic E-state index is 0.847. The van der Waals surface area contributed by atoms with E-state index in [0.29, 0.717) is 0 Å². The molecule has 0 saturated carbocycles. The van der Waals surface area contributed by atoms with Gasteiger partial charge in [0, 0.05) is 23.6 Å². The Morgan fingerprint density at radius 1 is 1.47 bits per heavy atom. The van der Waals surface area contributed by atoms with Gasteiger partial charge in [-0.05, 0) is 30.7 Å². The maximum Gasteiger partial charge on any atom is 0.128 e. The van der Waals surface area contributed by atoms with Crippen molar-refractivity contribution in [2.75, 3.05) is 20.2 Å². The molecule has 0 fully saturated rings. The lowest BCUT2D eigenvalue weighted by Crippen LogP contribution is -2.16. The van der Waals surface area contributed by atoms with Gasteiger partial charge in [-0.15, -0.1) is 6.58 Å². The molecule has 90 valence electrons. The van der Waals surface area contributed by atoms with Crippen LogP contribution in [0.5, 0.6) is 5.75 Å². The van der Waals surface area contributed by atoms with E-state index < -0.39 is 0 Å². The number of benzene rings is 1. The molecule has 17 heavy (non-hydrogen) atoms. The summed E-state index contributed by atoms with van der Waals surface area (Å²) >= 11 is 0. The van der Waals surface area contributed by atoms with Gasteiger partial charge in [0.1, 0.15) is 5.75 Å². The van der Waals surface area contributed by atoms with Crippen molar-refractivity contribution in [2.24, 2.45) is 0 Å². The van der Waals surface area contributed by atoms with Gasteiger partial charge in [0.2, 0.25) is 0 Å². The molecule has 0 spiro atoms. The second-order valence-electron chi connectivity index (χ2n) is 3.94. The first kappa shape index (κ1) is 11.7. The van der Waals surface area contributed by atoms with Gasteiger partial charge < -0.3 is 15.0 Å². The van der Waals surface area contributed by atoms with E-state index in [0.717, 1.165) is 30.8 Å². The third-order valence-electron chi connectivity index (χ3n) is 2.83. The lowest BCUT2D eigenvalue weighted by atomic mass is 10.1. The van der Waals surface area contributed by atoms with Crippen molar-refractivity contribution in [3.05, 3.63) is 42.6 Å². The summed E-state index contributed by atoms with van der Waals surface area (Å²) in [5, 5.41) is 4.49. The van der Waals surface area contributed by atoms with Crippen LogP contribution in [0, 0.1) is 0 Å². The predicted octanol–water partition coefficient (Wildman–Crippen LogP) is 2.49. The van der Waals surface area contributed by atoms with Crippen LogP contribution in [-0.2, 0) is 6.42 Å². The Labute approximate surface area is 101 Å². The van der Waals surface area contributed by atoms with E-state index in [1.807, 2.05) is 18.2 Å². The van der Waals surface area contributed by atoms with Gasteiger partial charge in [-0.1, -0.05) is 12.1 Å². The molecule has 0 atom stereocenters. The SMILES string of the molecule is C=CCNCCc1c[nH]c2cccc(OC)c12. The molecule has 2 N–H and O–H groups in total. The molecule has 3 heteroatoms. The Bertz CT molecular complexity index is 502. The standard InChI is InChI=1S/C14H18N2O/c1-3-8-15-9-7-11-10-16-12-5-4-6-13(17-2)14(11)12/h3-6,10,15-16H,1,7-9H2,2H3. The zero-order valence-corrected chi connectivity index (χ0v) is 10.1. The van der Waals surface area contributed by atoms with Gasteiger partial charge >= 0.3 is 0 Å². The second-order valence-corrected chi connectivity index (χ2v) is 3.94. The van der Waals surface area contributed by atoms with Crippen molar-refractivity contribution in [1.29, 1.82) is 0 Å². The average Bonchev–Trinajstić information content (AvgIpc) is 2.78. The van der Waals surface area contributed by atoms with Gasteiger partial charge in [-0.25, -0.2) is 0 Å². The van der Waals surface area contributed by atoms with Gasteiger partial charge in [-0.3, -0.25) is 0 Å². The average molecular weight is 230 g/mol. The number of hydrogen-bond donors (Lipinski definition) is 2. The maximum atomic E-state index is 5.40. The minimum Gasteiger partial charge on any atom is -0.496 e. The first-order valence-electron chi connectivity index (χ1n) is 5.81. The Morgan fingerprint density at radius 3 is 3.12 bits per heavy atom. The summed E-state index contributed by atoms with van der Waals surface area (Å²) in [6.45, 7) is 5.47. The van der Waals surface area contributed by atoms with Crippen LogP contribution in [0.25, 0.3) is 10.9 Å². The van der Waals surface area contributed by atoms with Crippen LogP contribution in [0.2, 0.25) is 0 Å². The highest BCUT2D eigenvalue weighted by molar-refractivity contribution is 5.89. The van der Waals surface area contributed by atoms with Crippen molar-refractivity contribution in [1.82, 2.24) is 10.3 Å². The van der Waals surface area contributed by atoms with Crippen LogP contribution in [0.4, 0.5) is 0 Å². The molecular weight excluding hydrogens is 212 g/mol. The largest absolute Gasteiger partial charge is 0.496 e. The molecule has 0 radical (unpaired) electrons. The van der Waals surface area contributed by atoms with E-state index in [-0.39, 0.29) is 0 Å². The number of aromatic nitrogens is 1. The molecule has 1 heterocycles. The summed E-state index contributed by atoms with van der Waals surface area (Å²) in [5.74, 6) is 0.933. The van der Waals surface area contributed by atoms with E-state index in [1.54, 1.807) is 7.11 Å². The summed E-state index contributed by atoms with van der Waals surface area (Å²) in [7, 11) is 1.71. The molecule has 0 aliphatic rings. The fourth-order valence-electron chi connectivity index (χ4n) is 2.01. The van der Waals surface area contributed by atoms with Crippen molar-refractivity contribution in [2.45, 2.75) is 6.42 Å². The van der Waals surface area contributed by atoms with Gasteiger partial charge in [-0.2, -0.15) is 0 Å². The summed E-state index contributed by atoms with van der Waals surface area (Å²) in [5.41, 5.74) is 2.41. The zero-order chi connectivity index (χ0) is 12.1. The van der Waals surface area contributed by atoms with Crippen LogP contribution in [0.3, 0.4) is 0 Å². The molecule has 0 unspecified atom stereocenters. The highest BCUT2D eigenvalue weighted by Crippen LogP contribution is 2.28. The molecule has 3 nitrogen and oxygen atoms in total. The van der Waals surface area contributed by atoms with Crippen LogP contribution in [-0.4, -0.2) is 25.2 Å². The van der Waals surface area contributed by atoms with Crippen LogP contribution in [0.1, 0.15) is 5.56 Å². The first-order valence-corrected chi connectivity index (χ1v) is 5.81. The van der Waals surface area contributed by atoms with E-state index in [1.165, 1.54) is 10.9 Å². The molecule has 0 amide bonds. The fourth-order valence-corrected chi connectivity index (χ4v) is 2.01. The molecule has 1 aromatic heterocycles. The summed E-state index contributed by atoms with van der Waals surface area (Å²) in [4.78, 5) is 3.28. The topological polar surface area (TPSA) is 37.0 Å². The number of nitrogens with one attached hydrogen (secondary N) is 2. The van der Waals surface area contributed by atoms with Crippen molar-refractivity contribution < 1.29 is 4.74 Å². The predicted molar refractivity (Wildman–Crippen MR) is 71.6 cm³/mol. The first-order chi connectivity index (χ1) is 8.36. The molecule has 0 saturated heterocycles. The van der Waals surface area contributed by atoms with Crippen LogP contribution >= 0.6 is 0 Å². The van der Waals surface area contributed by atoms with Gasteiger partial charge in [0.15, 0.2) is 0 Å². The lowest BCUT2D eigenvalue weighted by Gasteiger charge is -2.05. The molecule has 2 aromatic rings. The number of ether oxygens (including phenoxy) is 1. The third kappa shape index (κ3) is 2.50. The molecule has 2 rings (SSSR count). The number of fused-ring (bicyclic) bond motifs is 1. The third-order valence-corrected chi connectivity index (χ3v) is 2.83. The fraction of sp³-hybridized carbons (Fsp3) is 0.286. The molecule has 0 bridgehead atoms. The molecular formula is C14H18N2O. The Hall–Kier alpha value is -1.74. The molecule has 0 aliphatic carbocycles. The normalized spacial score (nSPS) is 10.6. The number of H-pyrrole nitrogens is 1. The minimum atomic E-state index is 0.847. The Balaban J connectivity index is 2.19. The van der Waals surface area contributed by atoms with Crippen molar-refractivity contribution in [3.8, 4) is 5.75 Å². The monoisotopic (exact) mass is 230 g/mol. The van der Waals surface area contributed by atoms with Gasteiger partial charge in [0.25, 0.3) is 0 Å². The van der Waals surface area contributed by atoms with E-state index in [4.69, 9.17) is 4.74 Å². The van der Waals surface area contributed by atoms with Crippen molar-refractivity contribution in [3.63, 3.8) is 0 Å². The number of aromatic amines is 1. The molecule has 1 aromatic carbocycles. The lowest BCUT2D eigenvalue weighted by molar-refractivity contribution is 0.419. The smallest absolute Gasteiger partial charge is 0.128 e. The summed E-state index contributed by atoms with van der Waals surface area (Å²) in [6, 6.07) is 6.06. The Kier molecular flexibility index (Phi) is 3.83. The van der Waals surface area contributed by atoms with E-state index >= 15 is 0 Å². The number of rotatable bonds is 6. The Morgan fingerprint density at radius 2 is 2.35 bits per heavy atom. The zero-order valence-electron chi connectivity index (χ0n) is 10.1. The summed E-state index contributed by atoms with van der Waals surface area (Å²) < 4.78 is 5.40. The summed E-state index contributed by atoms with van der Waals surface area (Å²) in [6.07, 6.45) is 4.91. The van der Waals surface area contributed by atoms with E-state index in [2.05, 4.69) is 29.1 Å². The number of hydrogen-bond acceptors (Lipinski definition) is 2. The van der Waals surface area contributed by atoms with Crippen molar-refractivity contribution >= 4 is 10.9 Å². The maximum absolute atomic E-state index is 5.40. The highest BCUT2D eigenvalue weighted by Gasteiger charge is 2.08. The second kappa shape index (κ2) is 5.55. The van der Waals surface area contributed by atoms with Crippen LogP contribution in [0.15, 0.2) is 37.1 Å². The highest BCUT2D eigenvalue weighted by atomic mass is 16.5. The molecule has 0 aliphatic heterocycles. The number of methoxy groups -OCH3 is 1. The quantitative estimate of drug-likeness (QED) is 0.591. The van der Waals surface area contributed by atoms with E-state index in [9.17, 15) is 0 Å². The van der Waals surface area contributed by atoms with Crippen LogP contribution < -0.4 is 10.1 Å².